The van der Waals surface area contributed by atoms with Gasteiger partial charge in [0.05, 0.1) is 26.4 Å². The minimum Gasteiger partial charge on any atom is -0.462 e. The molecule has 0 amide bonds. The largest absolute Gasteiger partial charge is 0.472 e. The maximum Gasteiger partial charge on any atom is 0.472 e. The minimum atomic E-state index is -4.97. The third kappa shape index (κ3) is 73.3. The zero-order valence-corrected chi connectivity index (χ0v) is 65.9. The van der Waals surface area contributed by atoms with Gasteiger partial charge in [-0.05, 0) is 89.9 Å². The topological polar surface area (TPSA) is 237 Å². The predicted molar refractivity (Wildman–Crippen MR) is 409 cm³/mol. The molecule has 0 spiro atoms. The van der Waals surface area contributed by atoms with Gasteiger partial charge in [0.1, 0.15) is 19.3 Å². The van der Waals surface area contributed by atoms with Gasteiger partial charge in [0.2, 0.25) is 0 Å². The van der Waals surface area contributed by atoms with E-state index >= 15 is 0 Å². The Morgan fingerprint density at radius 2 is 0.490 bits per heavy atom. The fourth-order valence-electron chi connectivity index (χ4n) is 11.5. The van der Waals surface area contributed by atoms with Crippen molar-refractivity contribution in [1.82, 2.24) is 0 Å². The summed E-state index contributed by atoms with van der Waals surface area (Å²) in [5, 5.41) is 10.6. The predicted octanol–water partition coefficient (Wildman–Crippen LogP) is 23.7. The molecule has 0 rings (SSSR count). The molecule has 2 unspecified atom stereocenters. The molecule has 100 heavy (non-hydrogen) atoms. The summed E-state index contributed by atoms with van der Waals surface area (Å²) in [4.78, 5) is 73.0. The highest BCUT2D eigenvalue weighted by Gasteiger charge is 2.30. The van der Waals surface area contributed by atoms with Crippen LogP contribution in [0.15, 0.2) is 48.6 Å². The third-order valence-electron chi connectivity index (χ3n) is 17.8. The second-order valence-electron chi connectivity index (χ2n) is 27.7. The Hall–Kier alpha value is -2.98. The summed E-state index contributed by atoms with van der Waals surface area (Å²) in [6.07, 6.45) is 72.2. The number of unbranched alkanes of at least 4 members (excludes halogenated alkanes) is 44. The van der Waals surface area contributed by atoms with Gasteiger partial charge in [0, 0.05) is 25.7 Å². The first kappa shape index (κ1) is 97.0. The summed E-state index contributed by atoms with van der Waals surface area (Å²) in [6, 6.07) is 0. The molecule has 0 fully saturated rings. The quantitative estimate of drug-likeness (QED) is 0.0169. The van der Waals surface area contributed by atoms with Gasteiger partial charge in [-0.2, -0.15) is 0 Å². The number of carbonyl (C=O) groups is 4. The van der Waals surface area contributed by atoms with Crippen LogP contribution in [0.25, 0.3) is 0 Å². The van der Waals surface area contributed by atoms with Gasteiger partial charge in [0.15, 0.2) is 12.2 Å². The summed E-state index contributed by atoms with van der Waals surface area (Å²) < 4.78 is 68.7. The maximum atomic E-state index is 13.1. The average molecular weight is 1460 g/mol. The molecule has 0 heterocycles. The van der Waals surface area contributed by atoms with Gasteiger partial charge in [-0.1, -0.05) is 320 Å². The molecule has 19 heteroatoms. The molecule has 0 aromatic heterocycles. The third-order valence-corrected chi connectivity index (χ3v) is 19.7. The van der Waals surface area contributed by atoms with E-state index < -0.39 is 97.5 Å². The highest BCUT2D eigenvalue weighted by Crippen LogP contribution is 2.45. The van der Waals surface area contributed by atoms with E-state index in [1.165, 1.54) is 173 Å². The van der Waals surface area contributed by atoms with E-state index in [9.17, 15) is 43.2 Å². The number of phosphoric acid groups is 2. The van der Waals surface area contributed by atoms with E-state index in [2.05, 4.69) is 76.3 Å². The molecular formula is C81H150O17P2. The van der Waals surface area contributed by atoms with Crippen LogP contribution in [-0.4, -0.2) is 96.7 Å². The van der Waals surface area contributed by atoms with Crippen molar-refractivity contribution in [2.45, 2.75) is 406 Å². The molecule has 0 aromatic rings. The lowest BCUT2D eigenvalue weighted by Crippen LogP contribution is -2.30. The van der Waals surface area contributed by atoms with Gasteiger partial charge in [-0.25, -0.2) is 9.13 Å². The van der Waals surface area contributed by atoms with Crippen molar-refractivity contribution in [3.05, 3.63) is 48.6 Å². The molecule has 0 aliphatic carbocycles. The van der Waals surface area contributed by atoms with Gasteiger partial charge in [0.25, 0.3) is 0 Å². The Morgan fingerprint density at radius 1 is 0.280 bits per heavy atom. The Labute approximate surface area is 610 Å². The molecular weight excluding hydrogens is 1310 g/mol. The number of aliphatic hydroxyl groups excluding tert-OH is 1. The molecule has 0 aliphatic heterocycles. The number of hydrogen-bond donors (Lipinski definition) is 3. The monoisotopic (exact) mass is 1460 g/mol. The van der Waals surface area contributed by atoms with E-state index in [0.29, 0.717) is 25.7 Å². The summed E-state index contributed by atoms with van der Waals surface area (Å²) in [5.41, 5.74) is 0. The Morgan fingerprint density at radius 3 is 0.760 bits per heavy atom. The fourth-order valence-corrected chi connectivity index (χ4v) is 13.1. The van der Waals surface area contributed by atoms with Crippen molar-refractivity contribution >= 4 is 39.5 Å². The molecule has 0 aliphatic rings. The average Bonchev–Trinajstić information content (AvgIpc) is 1.01. The van der Waals surface area contributed by atoms with Crippen molar-refractivity contribution in [2.75, 3.05) is 39.6 Å². The Kier molecular flexibility index (Phi) is 72.1. The number of rotatable bonds is 78. The minimum absolute atomic E-state index is 0.0806. The lowest BCUT2D eigenvalue weighted by molar-refractivity contribution is -0.161. The molecule has 0 aromatic carbocycles. The first-order valence-corrected chi connectivity index (χ1v) is 43.9. The van der Waals surface area contributed by atoms with Crippen molar-refractivity contribution in [1.29, 1.82) is 0 Å². The molecule has 586 valence electrons. The second kappa shape index (κ2) is 74.3. The smallest absolute Gasteiger partial charge is 0.462 e. The number of aliphatic hydroxyl groups is 1. The Bertz CT molecular complexity index is 2080. The SMILES string of the molecule is CCCCC/C=C\C/C=C\CCCCCCCC(=O)OC[C@H](COP(=O)(O)OC[C@@H](O)COP(=O)(O)OC[C@@H](COC(=O)CCCCCCCCCCCCCCCCC)OC(=O)CCCCCCCCCCCCCCCCC)OC(=O)CCCCCCC/C=C\C/C=C\CCCCC. The Balaban J connectivity index is 5.33. The van der Waals surface area contributed by atoms with Crippen LogP contribution in [0, 0.1) is 0 Å². The second-order valence-corrected chi connectivity index (χ2v) is 30.6. The molecule has 5 atom stereocenters. The van der Waals surface area contributed by atoms with E-state index in [-0.39, 0.29) is 25.7 Å². The van der Waals surface area contributed by atoms with Crippen LogP contribution in [0.3, 0.4) is 0 Å². The van der Waals surface area contributed by atoms with Gasteiger partial charge < -0.3 is 33.8 Å². The molecule has 0 bridgehead atoms. The van der Waals surface area contributed by atoms with Crippen molar-refractivity contribution < 1.29 is 80.2 Å². The van der Waals surface area contributed by atoms with Gasteiger partial charge in [-0.3, -0.25) is 37.3 Å². The van der Waals surface area contributed by atoms with Gasteiger partial charge >= 0.3 is 39.5 Å². The highest BCUT2D eigenvalue weighted by molar-refractivity contribution is 7.47. The molecule has 17 nitrogen and oxygen atoms in total. The molecule has 3 N–H and O–H groups in total. The lowest BCUT2D eigenvalue weighted by atomic mass is 10.0. The number of allylic oxidation sites excluding steroid dienone is 8. The van der Waals surface area contributed by atoms with Gasteiger partial charge in [-0.15, -0.1) is 0 Å². The highest BCUT2D eigenvalue weighted by atomic mass is 31.2. The standard InChI is InChI=1S/C81H150O17P2/c1-5-9-13-17-21-25-29-33-37-41-45-49-53-57-61-65-78(83)91-71-76(97-80(85)67-63-59-55-51-47-43-39-35-31-27-23-19-15-11-7-3)73-95-99(87,88)93-69-75(82)70-94-100(89,90)96-74-77(98-81(86)68-64-60-56-52-48-44-40-36-32-28-24-20-16-12-8-4)72-92-79(84)66-62-58-54-50-46-42-38-34-30-26-22-18-14-10-6-2/h21,23,25,27,33,35,37,39,75-77,82H,5-20,22,24,26,28-32,34,36,38,40-74H2,1-4H3,(H,87,88)(H,89,90)/b25-21-,27-23-,37-33-,39-35-/t75-,76-,77-/m1/s1. The van der Waals surface area contributed by atoms with Crippen LogP contribution in [-0.2, 0) is 65.4 Å². The van der Waals surface area contributed by atoms with E-state index in [0.717, 1.165) is 135 Å². The fraction of sp³-hybridized carbons (Fsp3) is 0.852. The first-order valence-electron chi connectivity index (χ1n) is 40.9. The summed E-state index contributed by atoms with van der Waals surface area (Å²) >= 11 is 0. The number of ether oxygens (including phenoxy) is 4. The first-order chi connectivity index (χ1) is 48.7. The molecule has 0 radical (unpaired) electrons. The number of esters is 4. The van der Waals surface area contributed by atoms with Crippen LogP contribution in [0.5, 0.6) is 0 Å². The van der Waals surface area contributed by atoms with E-state index in [1.54, 1.807) is 0 Å². The van der Waals surface area contributed by atoms with Crippen LogP contribution < -0.4 is 0 Å². The van der Waals surface area contributed by atoms with Crippen LogP contribution in [0.1, 0.15) is 387 Å². The van der Waals surface area contributed by atoms with Crippen LogP contribution >= 0.6 is 15.6 Å². The number of phosphoric ester groups is 2. The normalized spacial score (nSPS) is 14.1. The van der Waals surface area contributed by atoms with E-state index in [4.69, 9.17) is 37.0 Å². The summed E-state index contributed by atoms with van der Waals surface area (Å²) in [5.74, 6) is -2.16. The number of hydrogen-bond acceptors (Lipinski definition) is 15. The zero-order chi connectivity index (χ0) is 73.2. The number of carbonyl (C=O) groups excluding carboxylic acids is 4. The zero-order valence-electron chi connectivity index (χ0n) is 64.1. The van der Waals surface area contributed by atoms with Crippen molar-refractivity contribution in [3.63, 3.8) is 0 Å². The van der Waals surface area contributed by atoms with Crippen LogP contribution in [0.2, 0.25) is 0 Å². The summed E-state index contributed by atoms with van der Waals surface area (Å²) in [6.45, 7) is 4.89. The molecule has 0 saturated heterocycles. The van der Waals surface area contributed by atoms with Crippen molar-refractivity contribution in [2.24, 2.45) is 0 Å². The molecule has 0 saturated carbocycles. The van der Waals surface area contributed by atoms with Crippen molar-refractivity contribution in [3.8, 4) is 0 Å². The van der Waals surface area contributed by atoms with Crippen LogP contribution in [0.4, 0.5) is 0 Å². The van der Waals surface area contributed by atoms with E-state index in [1.807, 2.05) is 0 Å². The lowest BCUT2D eigenvalue weighted by Gasteiger charge is -2.21. The maximum absolute atomic E-state index is 13.1. The summed E-state index contributed by atoms with van der Waals surface area (Å²) in [7, 11) is -9.94.